The largest absolute Gasteiger partial charge is 0.393 e. The van der Waals surface area contributed by atoms with Crippen LogP contribution < -0.4 is 0 Å². The molecule has 1 aromatic rings. The fourth-order valence-electron chi connectivity index (χ4n) is 2.08. The van der Waals surface area contributed by atoms with E-state index in [2.05, 4.69) is 0 Å². The van der Waals surface area contributed by atoms with Gasteiger partial charge in [0.15, 0.2) is 11.6 Å². The predicted octanol–water partition coefficient (Wildman–Crippen LogP) is 2.78. The number of benzene rings is 1. The van der Waals surface area contributed by atoms with Crippen LogP contribution in [0.4, 0.5) is 8.78 Å². The number of aliphatic hydroxyl groups excluding tert-OH is 1. The molecule has 1 aliphatic rings. The third kappa shape index (κ3) is 3.23. The maximum absolute atomic E-state index is 13.3. The number of hydrogen-bond donors (Lipinski definition) is 1. The van der Waals surface area contributed by atoms with Crippen LogP contribution in [-0.4, -0.2) is 17.3 Å². The molecule has 1 aromatic carbocycles. The van der Waals surface area contributed by atoms with Crippen LogP contribution in [0.5, 0.6) is 0 Å². The van der Waals surface area contributed by atoms with E-state index in [0.29, 0.717) is 0 Å². The summed E-state index contributed by atoms with van der Waals surface area (Å²) in [6.07, 6.45) is 2.80. The van der Waals surface area contributed by atoms with E-state index in [-0.39, 0.29) is 24.4 Å². The molecule has 1 N–H and O–H groups in total. The topological polar surface area (TPSA) is 29.5 Å². The van der Waals surface area contributed by atoms with Crippen molar-refractivity contribution >= 4 is 0 Å². The van der Waals surface area contributed by atoms with Crippen molar-refractivity contribution in [3.63, 3.8) is 0 Å². The highest BCUT2D eigenvalue weighted by Gasteiger charge is 2.20. The van der Waals surface area contributed by atoms with Gasteiger partial charge in [-0.05, 0) is 31.7 Å². The molecule has 0 heterocycles. The van der Waals surface area contributed by atoms with Crippen LogP contribution in [0, 0.1) is 11.6 Å². The Bertz CT molecular complexity index is 374. The molecule has 0 saturated heterocycles. The lowest BCUT2D eigenvalue weighted by Gasteiger charge is -2.25. The van der Waals surface area contributed by atoms with Gasteiger partial charge in [-0.15, -0.1) is 0 Å². The quantitative estimate of drug-likeness (QED) is 0.883. The zero-order valence-corrected chi connectivity index (χ0v) is 9.53. The van der Waals surface area contributed by atoms with Gasteiger partial charge in [0.05, 0.1) is 18.8 Å². The molecule has 0 unspecified atom stereocenters. The van der Waals surface area contributed by atoms with Crippen molar-refractivity contribution in [3.05, 3.63) is 35.4 Å². The highest BCUT2D eigenvalue weighted by atomic mass is 19.2. The van der Waals surface area contributed by atoms with Crippen molar-refractivity contribution in [2.45, 2.75) is 44.5 Å². The molecule has 0 radical (unpaired) electrons. The van der Waals surface area contributed by atoms with E-state index in [1.165, 1.54) is 12.1 Å². The third-order valence-electron chi connectivity index (χ3n) is 3.15. The normalized spacial score (nSPS) is 24.9. The van der Waals surface area contributed by atoms with Gasteiger partial charge < -0.3 is 9.84 Å². The summed E-state index contributed by atoms with van der Waals surface area (Å²) in [5, 5.41) is 9.33. The smallest absolute Gasteiger partial charge is 0.164 e. The molecule has 0 aliphatic heterocycles. The lowest BCUT2D eigenvalue weighted by molar-refractivity contribution is -0.0128. The molecule has 0 spiro atoms. The Morgan fingerprint density at radius 3 is 2.59 bits per heavy atom. The molecule has 2 rings (SSSR count). The molecular formula is C13H16F2O2. The van der Waals surface area contributed by atoms with Crippen molar-refractivity contribution in [2.75, 3.05) is 0 Å². The van der Waals surface area contributed by atoms with Gasteiger partial charge >= 0.3 is 0 Å². The van der Waals surface area contributed by atoms with E-state index < -0.39 is 11.6 Å². The number of aliphatic hydroxyl groups is 1. The summed E-state index contributed by atoms with van der Waals surface area (Å²) < 4.78 is 31.8. The minimum atomic E-state index is -0.842. The standard InChI is InChI=1S/C13H16F2O2/c14-12-3-1-2-9(13(12)15)8-17-11-6-4-10(16)5-7-11/h1-3,10-11,16H,4-8H2. The Morgan fingerprint density at radius 2 is 1.88 bits per heavy atom. The average molecular weight is 242 g/mol. The lowest BCUT2D eigenvalue weighted by Crippen LogP contribution is -2.24. The first-order chi connectivity index (χ1) is 8.16. The van der Waals surface area contributed by atoms with Gasteiger partial charge in [0.1, 0.15) is 0 Å². The summed E-state index contributed by atoms with van der Waals surface area (Å²) in [7, 11) is 0. The maximum Gasteiger partial charge on any atom is 0.164 e. The lowest BCUT2D eigenvalue weighted by atomic mass is 9.95. The Kier molecular flexibility index (Phi) is 4.07. The molecule has 1 saturated carbocycles. The minimum absolute atomic E-state index is 0.0427. The fourth-order valence-corrected chi connectivity index (χ4v) is 2.08. The van der Waals surface area contributed by atoms with Crippen molar-refractivity contribution < 1.29 is 18.6 Å². The van der Waals surface area contributed by atoms with E-state index in [1.807, 2.05) is 0 Å². The van der Waals surface area contributed by atoms with Crippen molar-refractivity contribution in [1.29, 1.82) is 0 Å². The van der Waals surface area contributed by atoms with E-state index in [0.717, 1.165) is 31.7 Å². The first kappa shape index (κ1) is 12.5. The van der Waals surface area contributed by atoms with Gasteiger partial charge in [0.2, 0.25) is 0 Å². The van der Waals surface area contributed by atoms with Crippen molar-refractivity contribution in [2.24, 2.45) is 0 Å². The molecule has 2 nitrogen and oxygen atoms in total. The first-order valence-corrected chi connectivity index (χ1v) is 5.89. The van der Waals surface area contributed by atoms with Crippen LogP contribution in [0.25, 0.3) is 0 Å². The first-order valence-electron chi connectivity index (χ1n) is 5.89. The Hall–Kier alpha value is -1.00. The maximum atomic E-state index is 13.3. The summed E-state index contributed by atoms with van der Waals surface area (Å²) in [4.78, 5) is 0. The molecule has 4 heteroatoms. The summed E-state index contributed by atoms with van der Waals surface area (Å²) in [6, 6.07) is 4.09. The van der Waals surface area contributed by atoms with Crippen molar-refractivity contribution in [1.82, 2.24) is 0 Å². The summed E-state index contributed by atoms with van der Waals surface area (Å²) in [5.74, 6) is -1.67. The zero-order valence-electron chi connectivity index (χ0n) is 9.53. The van der Waals surface area contributed by atoms with Gasteiger partial charge in [-0.3, -0.25) is 0 Å². The Balaban J connectivity index is 1.87. The Labute approximate surface area is 99.2 Å². The van der Waals surface area contributed by atoms with Crippen LogP contribution >= 0.6 is 0 Å². The molecular weight excluding hydrogens is 226 g/mol. The van der Waals surface area contributed by atoms with Gasteiger partial charge in [-0.2, -0.15) is 0 Å². The van der Waals surface area contributed by atoms with Gasteiger partial charge in [-0.1, -0.05) is 12.1 Å². The van der Waals surface area contributed by atoms with E-state index in [9.17, 15) is 13.9 Å². The van der Waals surface area contributed by atoms with Gasteiger partial charge in [0, 0.05) is 5.56 Å². The number of halogens is 2. The highest BCUT2D eigenvalue weighted by Crippen LogP contribution is 2.22. The summed E-state index contributed by atoms with van der Waals surface area (Å²) in [5.41, 5.74) is 0.246. The molecule has 0 amide bonds. The summed E-state index contributed by atoms with van der Waals surface area (Å²) in [6.45, 7) is 0.0877. The summed E-state index contributed by atoms with van der Waals surface area (Å²) >= 11 is 0. The van der Waals surface area contributed by atoms with Crippen LogP contribution in [0.1, 0.15) is 31.2 Å². The van der Waals surface area contributed by atoms with Gasteiger partial charge in [-0.25, -0.2) is 8.78 Å². The Morgan fingerprint density at radius 1 is 1.18 bits per heavy atom. The van der Waals surface area contributed by atoms with Crippen LogP contribution in [0.3, 0.4) is 0 Å². The number of rotatable bonds is 3. The van der Waals surface area contributed by atoms with E-state index in [1.54, 1.807) is 0 Å². The molecule has 0 bridgehead atoms. The number of ether oxygens (including phenoxy) is 1. The fraction of sp³-hybridized carbons (Fsp3) is 0.538. The van der Waals surface area contributed by atoms with Crippen molar-refractivity contribution in [3.8, 4) is 0 Å². The van der Waals surface area contributed by atoms with Crippen LogP contribution in [-0.2, 0) is 11.3 Å². The SMILES string of the molecule is OC1CCC(OCc2cccc(F)c2F)CC1. The van der Waals surface area contributed by atoms with E-state index >= 15 is 0 Å². The molecule has 94 valence electrons. The average Bonchev–Trinajstić information content (AvgIpc) is 2.33. The van der Waals surface area contributed by atoms with Crippen LogP contribution in [0.2, 0.25) is 0 Å². The molecule has 17 heavy (non-hydrogen) atoms. The second-order valence-corrected chi connectivity index (χ2v) is 4.45. The zero-order chi connectivity index (χ0) is 12.3. The number of hydrogen-bond acceptors (Lipinski definition) is 2. The molecule has 0 atom stereocenters. The third-order valence-corrected chi connectivity index (χ3v) is 3.15. The molecule has 1 fully saturated rings. The second kappa shape index (κ2) is 5.56. The van der Waals surface area contributed by atoms with Gasteiger partial charge in [0.25, 0.3) is 0 Å². The highest BCUT2D eigenvalue weighted by molar-refractivity contribution is 5.18. The minimum Gasteiger partial charge on any atom is -0.393 e. The van der Waals surface area contributed by atoms with E-state index in [4.69, 9.17) is 4.74 Å². The monoisotopic (exact) mass is 242 g/mol. The molecule has 1 aliphatic carbocycles. The van der Waals surface area contributed by atoms with Crippen LogP contribution in [0.15, 0.2) is 18.2 Å². The second-order valence-electron chi connectivity index (χ2n) is 4.45. The predicted molar refractivity (Wildman–Crippen MR) is 59.4 cm³/mol. The molecule has 0 aromatic heterocycles.